The van der Waals surface area contributed by atoms with Crippen molar-refractivity contribution in [3.8, 4) is 5.75 Å². The van der Waals surface area contributed by atoms with E-state index in [4.69, 9.17) is 4.74 Å². The van der Waals surface area contributed by atoms with Crippen LogP contribution < -0.4 is 4.74 Å². The summed E-state index contributed by atoms with van der Waals surface area (Å²) in [5.74, 6) is 3.10. The molecule has 0 saturated heterocycles. The summed E-state index contributed by atoms with van der Waals surface area (Å²) in [5.41, 5.74) is 4.40. The highest BCUT2D eigenvalue weighted by molar-refractivity contribution is 5.90. The normalized spacial score (nSPS) is 17.7. The minimum absolute atomic E-state index is 0.784. The third kappa shape index (κ3) is 1.22. The molecule has 15 heavy (non-hydrogen) atoms. The fraction of sp³-hybridized carbons (Fsp3) is 0.385. The Kier molecular flexibility index (Phi) is 1.90. The van der Waals surface area contributed by atoms with Crippen LogP contribution in [0.2, 0.25) is 0 Å². The second kappa shape index (κ2) is 3.25. The number of benzene rings is 1. The van der Waals surface area contributed by atoms with Crippen molar-refractivity contribution in [2.75, 3.05) is 6.61 Å². The monoisotopic (exact) mass is 200 g/mol. The van der Waals surface area contributed by atoms with Crippen LogP contribution >= 0.6 is 0 Å². The molecule has 0 N–H and O–H groups in total. The predicted molar refractivity (Wildman–Crippen MR) is 57.7 cm³/mol. The molecule has 0 amide bonds. The van der Waals surface area contributed by atoms with Crippen molar-refractivity contribution in [1.82, 2.24) is 0 Å². The average molecular weight is 200 g/mol. The van der Waals surface area contributed by atoms with Crippen LogP contribution in [0.5, 0.6) is 5.75 Å². The van der Waals surface area contributed by atoms with E-state index in [9.17, 15) is 4.79 Å². The third-order valence-electron chi connectivity index (χ3n) is 3.26. The number of carbonyl (C=O) groups excluding carboxylic acids is 1. The lowest BCUT2D eigenvalue weighted by molar-refractivity contribution is 0.352. The van der Waals surface area contributed by atoms with Gasteiger partial charge in [0.25, 0.3) is 0 Å². The molecule has 2 aliphatic rings. The Bertz CT molecular complexity index is 468. The summed E-state index contributed by atoms with van der Waals surface area (Å²) in [7, 11) is 0. The number of hydrogen-bond donors (Lipinski definition) is 0. The Balaban J connectivity index is 2.24. The fourth-order valence-electron chi connectivity index (χ4n) is 2.53. The second-order valence-corrected chi connectivity index (χ2v) is 4.11. The SMILES string of the molecule is O=C=C1CCCc2c1ccc1c2OCC1. The van der Waals surface area contributed by atoms with Crippen molar-refractivity contribution in [3.63, 3.8) is 0 Å². The lowest BCUT2D eigenvalue weighted by Gasteiger charge is -2.18. The van der Waals surface area contributed by atoms with Crippen molar-refractivity contribution < 1.29 is 9.53 Å². The largest absolute Gasteiger partial charge is 0.493 e. The van der Waals surface area contributed by atoms with Crippen LogP contribution in [0.25, 0.3) is 5.57 Å². The zero-order valence-electron chi connectivity index (χ0n) is 8.51. The molecule has 0 atom stereocenters. The zero-order chi connectivity index (χ0) is 10.3. The van der Waals surface area contributed by atoms with E-state index in [2.05, 4.69) is 18.1 Å². The molecule has 0 aromatic heterocycles. The van der Waals surface area contributed by atoms with Gasteiger partial charge in [0.1, 0.15) is 11.7 Å². The van der Waals surface area contributed by atoms with Gasteiger partial charge in [0.05, 0.1) is 6.61 Å². The number of ether oxygens (including phenoxy) is 1. The molecule has 1 aliphatic carbocycles. The Morgan fingerprint density at radius 1 is 1.20 bits per heavy atom. The first kappa shape index (κ1) is 8.75. The zero-order valence-corrected chi connectivity index (χ0v) is 8.51. The van der Waals surface area contributed by atoms with Crippen LogP contribution in [-0.4, -0.2) is 12.5 Å². The lowest BCUT2D eigenvalue weighted by Crippen LogP contribution is -2.04. The van der Waals surface area contributed by atoms with Crippen LogP contribution in [0.1, 0.15) is 29.5 Å². The van der Waals surface area contributed by atoms with Gasteiger partial charge in [-0.25, -0.2) is 4.79 Å². The van der Waals surface area contributed by atoms with Gasteiger partial charge in [0, 0.05) is 17.6 Å². The summed E-state index contributed by atoms with van der Waals surface area (Å²) in [6.45, 7) is 0.784. The molecule has 0 bridgehead atoms. The molecule has 0 saturated carbocycles. The molecular weight excluding hydrogens is 188 g/mol. The van der Waals surface area contributed by atoms with E-state index in [0.29, 0.717) is 0 Å². The molecule has 0 radical (unpaired) electrons. The molecule has 1 heterocycles. The van der Waals surface area contributed by atoms with Crippen LogP contribution in [0.3, 0.4) is 0 Å². The van der Waals surface area contributed by atoms with Crippen molar-refractivity contribution in [2.45, 2.75) is 25.7 Å². The molecule has 76 valence electrons. The quantitative estimate of drug-likeness (QED) is 0.600. The smallest absolute Gasteiger partial charge is 0.128 e. The van der Waals surface area contributed by atoms with E-state index in [1.807, 2.05) is 0 Å². The van der Waals surface area contributed by atoms with Crippen molar-refractivity contribution >= 4 is 11.5 Å². The summed E-state index contributed by atoms with van der Waals surface area (Å²) in [4.78, 5) is 10.8. The van der Waals surface area contributed by atoms with Gasteiger partial charge in [-0.05, 0) is 30.4 Å². The summed E-state index contributed by atoms with van der Waals surface area (Å²) in [6, 6.07) is 4.14. The first-order valence-corrected chi connectivity index (χ1v) is 5.42. The van der Waals surface area contributed by atoms with Crippen molar-refractivity contribution in [3.05, 3.63) is 28.8 Å². The molecule has 0 fully saturated rings. The maximum Gasteiger partial charge on any atom is 0.128 e. The summed E-state index contributed by atoms with van der Waals surface area (Å²) < 4.78 is 5.65. The molecule has 3 rings (SSSR count). The molecule has 0 unspecified atom stereocenters. The van der Waals surface area contributed by atoms with E-state index in [-0.39, 0.29) is 0 Å². The van der Waals surface area contributed by atoms with Crippen LogP contribution in [-0.2, 0) is 17.6 Å². The minimum atomic E-state index is 0.784. The standard InChI is InChI=1S/C13H12O2/c14-8-10-2-1-3-12-11(10)5-4-9-6-7-15-13(9)12/h4-5H,1-3,6-7H2. The number of allylic oxidation sites excluding steroid dienone is 1. The van der Waals surface area contributed by atoms with E-state index in [1.165, 1.54) is 11.1 Å². The van der Waals surface area contributed by atoms with Crippen LogP contribution in [0.15, 0.2) is 12.1 Å². The molecule has 1 aromatic carbocycles. The number of fused-ring (bicyclic) bond motifs is 3. The highest BCUT2D eigenvalue weighted by atomic mass is 16.5. The van der Waals surface area contributed by atoms with Crippen LogP contribution in [0.4, 0.5) is 0 Å². The van der Waals surface area contributed by atoms with Crippen LogP contribution in [0, 0.1) is 0 Å². The van der Waals surface area contributed by atoms with E-state index >= 15 is 0 Å². The van der Waals surface area contributed by atoms with Gasteiger partial charge in [-0.3, -0.25) is 0 Å². The van der Waals surface area contributed by atoms with Gasteiger partial charge in [0.2, 0.25) is 0 Å². The van der Waals surface area contributed by atoms with Crippen molar-refractivity contribution in [1.29, 1.82) is 0 Å². The molecule has 2 nitrogen and oxygen atoms in total. The molecule has 1 aliphatic heterocycles. The van der Waals surface area contributed by atoms with E-state index < -0.39 is 0 Å². The Morgan fingerprint density at radius 2 is 2.13 bits per heavy atom. The highest BCUT2D eigenvalue weighted by Crippen LogP contribution is 2.39. The Morgan fingerprint density at radius 3 is 3.00 bits per heavy atom. The first-order valence-electron chi connectivity index (χ1n) is 5.42. The summed E-state index contributed by atoms with van der Waals surface area (Å²) in [5, 5.41) is 0. The Hall–Kier alpha value is -1.53. The van der Waals surface area contributed by atoms with Gasteiger partial charge in [0.15, 0.2) is 0 Å². The van der Waals surface area contributed by atoms with Gasteiger partial charge >= 0.3 is 0 Å². The topological polar surface area (TPSA) is 26.3 Å². The number of rotatable bonds is 0. The fourth-order valence-corrected chi connectivity index (χ4v) is 2.53. The lowest BCUT2D eigenvalue weighted by atomic mass is 9.86. The molecule has 2 heteroatoms. The van der Waals surface area contributed by atoms with Crippen molar-refractivity contribution in [2.24, 2.45) is 0 Å². The first-order chi connectivity index (χ1) is 7.40. The summed E-state index contributed by atoms with van der Waals surface area (Å²) in [6.07, 6.45) is 3.93. The van der Waals surface area contributed by atoms with Gasteiger partial charge in [-0.15, -0.1) is 0 Å². The molecular formula is C13H12O2. The maximum atomic E-state index is 10.8. The van der Waals surface area contributed by atoms with Gasteiger partial charge in [-0.2, -0.15) is 0 Å². The average Bonchev–Trinajstić information content (AvgIpc) is 2.76. The highest BCUT2D eigenvalue weighted by Gasteiger charge is 2.23. The minimum Gasteiger partial charge on any atom is -0.493 e. The van der Waals surface area contributed by atoms with E-state index in [1.54, 1.807) is 0 Å². The molecule has 0 spiro atoms. The Labute approximate surface area is 88.6 Å². The van der Waals surface area contributed by atoms with E-state index in [0.717, 1.165) is 49.2 Å². The van der Waals surface area contributed by atoms with Gasteiger partial charge in [-0.1, -0.05) is 12.1 Å². The second-order valence-electron chi connectivity index (χ2n) is 4.11. The maximum absolute atomic E-state index is 10.8. The number of hydrogen-bond acceptors (Lipinski definition) is 2. The third-order valence-corrected chi connectivity index (χ3v) is 3.26. The predicted octanol–water partition coefficient (Wildman–Crippen LogP) is 2.17. The van der Waals surface area contributed by atoms with Gasteiger partial charge < -0.3 is 4.74 Å². The summed E-state index contributed by atoms with van der Waals surface area (Å²) >= 11 is 0. The molecule has 1 aromatic rings.